The third-order valence-electron chi connectivity index (χ3n) is 5.04. The molecule has 1 aromatic rings. The van der Waals surface area contributed by atoms with E-state index in [1.54, 1.807) is 0 Å². The Bertz CT molecular complexity index is 1230. The van der Waals surface area contributed by atoms with Crippen LogP contribution in [0.5, 0.6) is 0 Å². The van der Waals surface area contributed by atoms with Gasteiger partial charge >= 0.3 is 54.1 Å². The van der Waals surface area contributed by atoms with Crippen LogP contribution in [0, 0.1) is 28.5 Å². The van der Waals surface area contributed by atoms with Gasteiger partial charge in [0, 0.05) is 5.56 Å². The van der Waals surface area contributed by atoms with Crippen LogP contribution in [-0.4, -0.2) is 37.1 Å². The van der Waals surface area contributed by atoms with Crippen LogP contribution in [0.2, 0.25) is 0 Å². The van der Waals surface area contributed by atoms with E-state index in [0.29, 0.717) is 0 Å². The highest BCUT2D eigenvalue weighted by molar-refractivity contribution is 5.64. The molecule has 24 heteroatoms. The molecular formula is C17F22N2. The molecular weight excluding hydrogens is 650 g/mol. The minimum atomic E-state index is -8.35. The summed E-state index contributed by atoms with van der Waals surface area (Å²) < 4.78 is 298. The highest BCUT2D eigenvalue weighted by atomic mass is 19.4. The van der Waals surface area contributed by atoms with Gasteiger partial charge in [-0.05, 0) is 0 Å². The fourth-order valence-corrected chi connectivity index (χ4v) is 3.27. The second kappa shape index (κ2) is 9.34. The van der Waals surface area contributed by atoms with Crippen LogP contribution < -0.4 is 0 Å². The van der Waals surface area contributed by atoms with Crippen LogP contribution in [0.4, 0.5) is 96.6 Å². The van der Waals surface area contributed by atoms with Crippen molar-refractivity contribution in [3.8, 4) is 12.1 Å². The Balaban J connectivity index is 5.27. The number of hydrogen-bond acceptors (Lipinski definition) is 2. The average Bonchev–Trinajstić information content (AvgIpc) is 2.71. The Morgan fingerprint density at radius 3 is 0.756 bits per heavy atom. The second-order valence-electron chi connectivity index (χ2n) is 7.37. The fraction of sp³-hybridized carbons (Fsp3) is 0.529. The zero-order valence-electron chi connectivity index (χ0n) is 17.7. The normalized spacial score (nSPS) is 15.0. The lowest BCUT2D eigenvalue weighted by Crippen LogP contribution is -2.58. The minimum absolute atomic E-state index is 0.411. The molecule has 0 amide bonds. The molecule has 0 aromatic heterocycles. The molecule has 0 bridgehead atoms. The molecule has 2 nitrogen and oxygen atoms in total. The van der Waals surface area contributed by atoms with Crippen molar-refractivity contribution in [2.75, 3.05) is 0 Å². The van der Waals surface area contributed by atoms with Gasteiger partial charge in [-0.15, -0.1) is 0 Å². The summed E-state index contributed by atoms with van der Waals surface area (Å²) in [5.41, 5.74) is -47.0. The van der Waals surface area contributed by atoms with E-state index < -0.39 is 99.8 Å². The standard InChI is InChI=1S/C17F22N2/c18-8-6(10(20,14(28,29)30)15(31,32)33)4(2-41)3(1-40)5(9(19,12(22,23)24)13(25,26)27)7(8)11(21,16(34,35)36)17(37,38)39. The number of halogens is 22. The van der Waals surface area contributed by atoms with Gasteiger partial charge in [0.25, 0.3) is 0 Å². The maximum atomic E-state index is 15.1. The van der Waals surface area contributed by atoms with E-state index in [-0.39, 0.29) is 0 Å². The highest BCUT2D eigenvalue weighted by Gasteiger charge is 2.82. The Labute approximate surface area is 208 Å². The van der Waals surface area contributed by atoms with Gasteiger partial charge in [0.2, 0.25) is 0 Å². The van der Waals surface area contributed by atoms with Crippen molar-refractivity contribution in [2.45, 2.75) is 54.1 Å². The van der Waals surface area contributed by atoms with Crippen molar-refractivity contribution in [3.63, 3.8) is 0 Å². The van der Waals surface area contributed by atoms with E-state index in [4.69, 9.17) is 10.5 Å². The second-order valence-corrected chi connectivity index (χ2v) is 7.37. The SMILES string of the molecule is N#Cc1c(C#N)c(C(F)(C(F)(F)F)C(F)(F)F)c(C(F)(C(F)(F)F)C(F)(F)F)c(F)c1C(F)(C(F)(F)F)C(F)(F)F. The third kappa shape index (κ3) is 4.71. The van der Waals surface area contributed by atoms with Crippen molar-refractivity contribution < 1.29 is 96.6 Å². The van der Waals surface area contributed by atoms with Gasteiger partial charge in [0.15, 0.2) is 0 Å². The zero-order chi connectivity index (χ0) is 33.4. The van der Waals surface area contributed by atoms with Gasteiger partial charge < -0.3 is 0 Å². The molecule has 0 unspecified atom stereocenters. The van der Waals surface area contributed by atoms with Crippen molar-refractivity contribution in [2.24, 2.45) is 0 Å². The summed E-state index contributed by atoms with van der Waals surface area (Å²) >= 11 is 0. The molecule has 1 aromatic carbocycles. The summed E-state index contributed by atoms with van der Waals surface area (Å²) in [4.78, 5) is 0. The maximum absolute atomic E-state index is 15.1. The molecule has 0 radical (unpaired) electrons. The molecule has 41 heavy (non-hydrogen) atoms. The first-order valence-electron chi connectivity index (χ1n) is 8.85. The van der Waals surface area contributed by atoms with Gasteiger partial charge in [-0.3, -0.25) is 0 Å². The van der Waals surface area contributed by atoms with E-state index in [1.807, 2.05) is 0 Å². The molecule has 0 atom stereocenters. The summed E-state index contributed by atoms with van der Waals surface area (Å²) in [7, 11) is 0. The van der Waals surface area contributed by atoms with Gasteiger partial charge in [-0.1, -0.05) is 0 Å². The Morgan fingerprint density at radius 1 is 0.341 bits per heavy atom. The summed E-state index contributed by atoms with van der Waals surface area (Å²) in [6.07, 6.45) is -48.6. The molecule has 0 saturated carbocycles. The lowest BCUT2D eigenvalue weighted by molar-refractivity contribution is -0.361. The number of rotatable bonds is 3. The molecule has 0 aliphatic heterocycles. The molecule has 0 aliphatic carbocycles. The average molecular weight is 650 g/mol. The fourth-order valence-electron chi connectivity index (χ4n) is 3.27. The van der Waals surface area contributed by atoms with Crippen molar-refractivity contribution in [1.29, 1.82) is 10.5 Å². The van der Waals surface area contributed by atoms with E-state index in [2.05, 4.69) is 0 Å². The zero-order valence-corrected chi connectivity index (χ0v) is 17.7. The number of alkyl halides is 21. The van der Waals surface area contributed by atoms with Crippen LogP contribution in [0.15, 0.2) is 0 Å². The molecule has 0 fully saturated rings. The predicted octanol–water partition coefficient (Wildman–Crippen LogP) is 8.44. The molecule has 1 rings (SSSR count). The largest absolute Gasteiger partial charge is 0.436 e. The Hall–Kier alpha value is -3.34. The van der Waals surface area contributed by atoms with E-state index in [0.717, 1.165) is 0 Å². The van der Waals surface area contributed by atoms with Crippen LogP contribution >= 0.6 is 0 Å². The molecule has 0 N–H and O–H groups in total. The molecule has 0 aliphatic rings. The van der Waals surface area contributed by atoms with Gasteiger partial charge in [0.05, 0.1) is 22.3 Å². The van der Waals surface area contributed by atoms with Gasteiger partial charge in [0.1, 0.15) is 18.0 Å². The van der Waals surface area contributed by atoms with E-state index in [9.17, 15) is 92.2 Å². The Morgan fingerprint density at radius 2 is 0.537 bits per heavy atom. The number of nitrogens with zero attached hydrogens (tertiary/aromatic N) is 2. The summed E-state index contributed by atoms with van der Waals surface area (Å²) in [5.74, 6) is -5.18. The quantitative estimate of drug-likeness (QED) is 0.309. The smallest absolute Gasteiger partial charge is 0.218 e. The Kier molecular flexibility index (Phi) is 8.13. The number of nitriles is 2. The molecule has 0 saturated heterocycles. The lowest BCUT2D eigenvalue weighted by Gasteiger charge is -2.39. The van der Waals surface area contributed by atoms with Crippen LogP contribution in [0.25, 0.3) is 0 Å². The topological polar surface area (TPSA) is 47.6 Å². The van der Waals surface area contributed by atoms with Gasteiger partial charge in [-0.2, -0.15) is 89.6 Å². The van der Waals surface area contributed by atoms with E-state index in [1.165, 1.54) is 0 Å². The highest BCUT2D eigenvalue weighted by Crippen LogP contribution is 2.64. The maximum Gasteiger partial charge on any atom is 0.436 e. The van der Waals surface area contributed by atoms with Gasteiger partial charge in [-0.25, -0.2) is 17.6 Å². The number of hydrogen-bond donors (Lipinski definition) is 0. The summed E-state index contributed by atoms with van der Waals surface area (Å²) in [6.45, 7) is 0. The lowest BCUT2D eigenvalue weighted by atomic mass is 9.74. The first kappa shape index (κ1) is 35.7. The molecule has 0 spiro atoms. The van der Waals surface area contributed by atoms with Crippen LogP contribution in [-0.2, 0) is 17.0 Å². The summed E-state index contributed by atoms with van der Waals surface area (Å²) in [6, 6.07) is -0.920. The predicted molar refractivity (Wildman–Crippen MR) is 80.5 cm³/mol. The van der Waals surface area contributed by atoms with Crippen LogP contribution in [0.1, 0.15) is 27.8 Å². The monoisotopic (exact) mass is 650 g/mol. The molecule has 232 valence electrons. The third-order valence-corrected chi connectivity index (χ3v) is 5.04. The molecule has 0 heterocycles. The van der Waals surface area contributed by atoms with Crippen molar-refractivity contribution in [1.82, 2.24) is 0 Å². The van der Waals surface area contributed by atoms with E-state index >= 15 is 4.39 Å². The first-order valence-corrected chi connectivity index (χ1v) is 8.85. The van der Waals surface area contributed by atoms with Crippen LogP contribution in [0.3, 0.4) is 0 Å². The van der Waals surface area contributed by atoms with Crippen molar-refractivity contribution >= 4 is 0 Å². The van der Waals surface area contributed by atoms with Crippen molar-refractivity contribution in [3.05, 3.63) is 33.6 Å². The summed E-state index contributed by atoms with van der Waals surface area (Å²) in [5, 5.41) is 17.6. The first-order chi connectivity index (χ1) is 17.7. The number of benzene rings is 1. The minimum Gasteiger partial charge on any atom is -0.218 e.